The maximum absolute atomic E-state index is 12.7. The molecule has 0 aromatic heterocycles. The number of benzene rings is 1. The minimum Gasteiger partial charge on any atom is -0.352 e. The van der Waals surface area contributed by atoms with Crippen LogP contribution in [0.4, 0.5) is 0 Å². The van der Waals surface area contributed by atoms with Gasteiger partial charge in [-0.25, -0.2) is 8.42 Å². The molecule has 0 saturated carbocycles. The van der Waals surface area contributed by atoms with Crippen molar-refractivity contribution in [3.8, 4) is 0 Å². The molecule has 6 nitrogen and oxygen atoms in total. The van der Waals surface area contributed by atoms with Gasteiger partial charge in [-0.15, -0.1) is 12.4 Å². The van der Waals surface area contributed by atoms with Crippen molar-refractivity contribution in [3.63, 3.8) is 0 Å². The van der Waals surface area contributed by atoms with Gasteiger partial charge in [0.05, 0.1) is 10.9 Å². The first-order valence-corrected chi connectivity index (χ1v) is 10.5. The molecule has 26 heavy (non-hydrogen) atoms. The molecule has 8 heteroatoms. The summed E-state index contributed by atoms with van der Waals surface area (Å²) in [5, 5.41) is 6.33. The van der Waals surface area contributed by atoms with Crippen LogP contribution in [-0.4, -0.2) is 50.3 Å². The Labute approximate surface area is 162 Å². The molecular formula is C18H28ClN3O3S. The van der Waals surface area contributed by atoms with Gasteiger partial charge in [-0.05, 0) is 51.3 Å². The molecule has 1 atom stereocenters. The lowest BCUT2D eigenvalue weighted by molar-refractivity contribution is -0.124. The van der Waals surface area contributed by atoms with Crippen LogP contribution in [0.15, 0.2) is 29.2 Å². The summed E-state index contributed by atoms with van der Waals surface area (Å²) in [5.41, 5.74) is 1.04. The highest BCUT2D eigenvalue weighted by atomic mass is 35.5. The third-order valence-electron chi connectivity index (χ3n) is 5.09. The number of sulfonamides is 1. The van der Waals surface area contributed by atoms with Gasteiger partial charge in [0.15, 0.2) is 0 Å². The van der Waals surface area contributed by atoms with Gasteiger partial charge in [-0.1, -0.05) is 24.1 Å². The Kier molecular flexibility index (Phi) is 7.46. The zero-order valence-electron chi connectivity index (χ0n) is 15.1. The van der Waals surface area contributed by atoms with E-state index in [-0.39, 0.29) is 30.4 Å². The fraction of sp³-hybridized carbons (Fsp3) is 0.611. The van der Waals surface area contributed by atoms with Crippen molar-refractivity contribution in [3.05, 3.63) is 29.8 Å². The van der Waals surface area contributed by atoms with E-state index in [1.54, 1.807) is 12.1 Å². The van der Waals surface area contributed by atoms with Crippen LogP contribution in [0.2, 0.25) is 0 Å². The first-order valence-electron chi connectivity index (χ1n) is 9.07. The number of rotatable bonds is 4. The lowest BCUT2D eigenvalue weighted by Gasteiger charge is -2.33. The highest BCUT2D eigenvalue weighted by Gasteiger charge is 2.31. The molecule has 1 amide bonds. The first kappa shape index (κ1) is 21.2. The quantitative estimate of drug-likeness (QED) is 0.806. The summed E-state index contributed by atoms with van der Waals surface area (Å²) in [6.45, 7) is 3.72. The van der Waals surface area contributed by atoms with Gasteiger partial charge < -0.3 is 10.6 Å². The molecule has 2 aliphatic rings. The zero-order valence-corrected chi connectivity index (χ0v) is 16.7. The van der Waals surface area contributed by atoms with Crippen LogP contribution < -0.4 is 10.6 Å². The normalized spacial score (nSPS) is 22.4. The van der Waals surface area contributed by atoms with Crippen molar-refractivity contribution in [2.45, 2.75) is 56.0 Å². The van der Waals surface area contributed by atoms with Crippen molar-refractivity contribution < 1.29 is 13.2 Å². The molecule has 2 aliphatic heterocycles. The van der Waals surface area contributed by atoms with Crippen molar-refractivity contribution in [2.75, 3.05) is 19.6 Å². The minimum absolute atomic E-state index is 0. The fourth-order valence-corrected chi connectivity index (χ4v) is 4.95. The van der Waals surface area contributed by atoms with Crippen LogP contribution in [0.5, 0.6) is 0 Å². The van der Waals surface area contributed by atoms with Crippen molar-refractivity contribution in [2.24, 2.45) is 0 Å². The van der Waals surface area contributed by atoms with Gasteiger partial charge >= 0.3 is 0 Å². The van der Waals surface area contributed by atoms with Gasteiger partial charge in [0, 0.05) is 19.1 Å². The molecule has 1 aromatic carbocycles. The Morgan fingerprint density at radius 1 is 1.12 bits per heavy atom. The number of hydrogen-bond donors (Lipinski definition) is 2. The maximum atomic E-state index is 12.7. The number of nitrogens with zero attached hydrogens (tertiary/aromatic N) is 1. The second-order valence-corrected chi connectivity index (χ2v) is 8.94. The Balaban J connectivity index is 0.00000243. The standard InChI is InChI=1S/C18H27N3O3S.ClH/c1-14-5-7-16(8-6-14)25(23,24)21-12-9-15(10-13-21)20-18(22)17-4-2-3-11-19-17;/h5-8,15,17,19H,2-4,9-13H2,1H3,(H,20,22);1H. The monoisotopic (exact) mass is 401 g/mol. The topological polar surface area (TPSA) is 78.5 Å². The van der Waals surface area contributed by atoms with Crippen LogP contribution in [0.1, 0.15) is 37.7 Å². The van der Waals surface area contributed by atoms with Crippen LogP contribution >= 0.6 is 12.4 Å². The number of carbonyl (C=O) groups excluding carboxylic acids is 1. The molecular weight excluding hydrogens is 374 g/mol. The smallest absolute Gasteiger partial charge is 0.243 e. The molecule has 146 valence electrons. The lowest BCUT2D eigenvalue weighted by Crippen LogP contribution is -2.52. The maximum Gasteiger partial charge on any atom is 0.243 e. The predicted octanol–water partition coefficient (Wildman–Crippen LogP) is 1.83. The molecule has 2 N–H and O–H groups in total. The Hall–Kier alpha value is -1.15. The first-order chi connectivity index (χ1) is 12.0. The summed E-state index contributed by atoms with van der Waals surface area (Å²) in [7, 11) is -3.44. The molecule has 3 rings (SSSR count). The van der Waals surface area contributed by atoms with Crippen LogP contribution in [0.25, 0.3) is 0 Å². The van der Waals surface area contributed by atoms with Crippen molar-refractivity contribution in [1.29, 1.82) is 0 Å². The lowest BCUT2D eigenvalue weighted by atomic mass is 10.0. The Morgan fingerprint density at radius 3 is 2.35 bits per heavy atom. The van der Waals surface area contributed by atoms with Gasteiger partial charge in [-0.2, -0.15) is 4.31 Å². The van der Waals surface area contributed by atoms with E-state index in [2.05, 4.69) is 10.6 Å². The van der Waals surface area contributed by atoms with Crippen LogP contribution in [0, 0.1) is 6.92 Å². The van der Waals surface area contributed by atoms with E-state index < -0.39 is 10.0 Å². The minimum atomic E-state index is -3.44. The average molecular weight is 402 g/mol. The third-order valence-corrected chi connectivity index (χ3v) is 7.00. The second-order valence-electron chi connectivity index (χ2n) is 7.00. The predicted molar refractivity (Wildman–Crippen MR) is 104 cm³/mol. The number of aryl methyl sites for hydroxylation is 1. The number of piperidine rings is 2. The molecule has 0 radical (unpaired) electrons. The number of amides is 1. The third kappa shape index (κ3) is 4.97. The number of carbonyl (C=O) groups is 1. The molecule has 1 aromatic rings. The van der Waals surface area contributed by atoms with Gasteiger partial charge in [0.1, 0.15) is 0 Å². The van der Waals surface area contributed by atoms with Crippen molar-refractivity contribution >= 4 is 28.3 Å². The SMILES string of the molecule is Cc1ccc(S(=O)(=O)N2CCC(NC(=O)C3CCCCN3)CC2)cc1.Cl. The average Bonchev–Trinajstić information content (AvgIpc) is 2.63. The summed E-state index contributed by atoms with van der Waals surface area (Å²) in [5.74, 6) is 0.0551. The molecule has 1 unspecified atom stereocenters. The van der Waals surface area contributed by atoms with E-state index in [1.165, 1.54) is 4.31 Å². The van der Waals surface area contributed by atoms with E-state index >= 15 is 0 Å². The van der Waals surface area contributed by atoms with E-state index in [4.69, 9.17) is 0 Å². The summed E-state index contributed by atoms with van der Waals surface area (Å²) in [4.78, 5) is 12.6. The van der Waals surface area contributed by atoms with Gasteiger partial charge in [0.25, 0.3) is 0 Å². The summed E-state index contributed by atoms with van der Waals surface area (Å²) >= 11 is 0. The molecule has 0 aliphatic carbocycles. The largest absolute Gasteiger partial charge is 0.352 e. The second kappa shape index (κ2) is 9.17. The summed E-state index contributed by atoms with van der Waals surface area (Å²) in [6, 6.07) is 6.91. The summed E-state index contributed by atoms with van der Waals surface area (Å²) < 4.78 is 26.9. The highest BCUT2D eigenvalue weighted by Crippen LogP contribution is 2.21. The Morgan fingerprint density at radius 2 is 1.77 bits per heavy atom. The van der Waals surface area contributed by atoms with E-state index in [9.17, 15) is 13.2 Å². The van der Waals surface area contributed by atoms with Gasteiger partial charge in [0.2, 0.25) is 15.9 Å². The van der Waals surface area contributed by atoms with Crippen molar-refractivity contribution in [1.82, 2.24) is 14.9 Å². The van der Waals surface area contributed by atoms with E-state index in [1.807, 2.05) is 19.1 Å². The van der Waals surface area contributed by atoms with E-state index in [0.717, 1.165) is 31.4 Å². The number of halogens is 1. The number of hydrogen-bond acceptors (Lipinski definition) is 4. The fourth-order valence-electron chi connectivity index (χ4n) is 3.48. The molecule has 2 saturated heterocycles. The molecule has 2 fully saturated rings. The molecule has 2 heterocycles. The molecule has 0 spiro atoms. The highest BCUT2D eigenvalue weighted by molar-refractivity contribution is 7.89. The summed E-state index contributed by atoms with van der Waals surface area (Å²) in [6.07, 6.45) is 4.40. The van der Waals surface area contributed by atoms with Gasteiger partial charge in [-0.3, -0.25) is 4.79 Å². The van der Waals surface area contributed by atoms with Crippen LogP contribution in [-0.2, 0) is 14.8 Å². The zero-order chi connectivity index (χ0) is 17.9. The Bertz CT molecular complexity index is 695. The van der Waals surface area contributed by atoms with Crippen LogP contribution in [0.3, 0.4) is 0 Å². The molecule has 0 bridgehead atoms. The number of nitrogens with one attached hydrogen (secondary N) is 2. The van der Waals surface area contributed by atoms with E-state index in [0.29, 0.717) is 30.8 Å².